The van der Waals surface area contributed by atoms with Crippen LogP contribution in [0.25, 0.3) is 0 Å². The first-order valence-corrected chi connectivity index (χ1v) is 7.38. The van der Waals surface area contributed by atoms with Crippen molar-refractivity contribution in [3.05, 3.63) is 71.8 Å². The maximum atomic E-state index is 5.74. The van der Waals surface area contributed by atoms with E-state index in [9.17, 15) is 0 Å². The molecular weight excluding hydrogens is 274 g/mol. The van der Waals surface area contributed by atoms with Gasteiger partial charge >= 0.3 is 0 Å². The van der Waals surface area contributed by atoms with Crippen LogP contribution in [0.15, 0.2) is 60.7 Å². The third kappa shape index (κ3) is 4.93. The molecule has 0 saturated carbocycles. The van der Waals surface area contributed by atoms with E-state index < -0.39 is 0 Å². The van der Waals surface area contributed by atoms with Crippen LogP contribution in [-0.4, -0.2) is 13.7 Å². The Balaban J connectivity index is 1.95. The summed E-state index contributed by atoms with van der Waals surface area (Å²) in [6.07, 6.45) is 0. The molecule has 0 fully saturated rings. The molecule has 116 valence electrons. The number of rotatable bonds is 8. The number of methoxy groups -OCH3 is 1. The van der Waals surface area contributed by atoms with Crippen molar-refractivity contribution < 1.29 is 9.47 Å². The lowest BCUT2D eigenvalue weighted by Gasteiger charge is -2.13. The summed E-state index contributed by atoms with van der Waals surface area (Å²) in [5.41, 5.74) is 3.41. The Labute approximate surface area is 132 Å². The second-order valence-corrected chi connectivity index (χ2v) is 5.32. The maximum absolute atomic E-state index is 5.74. The molecule has 2 rings (SSSR count). The first-order chi connectivity index (χ1) is 10.7. The van der Waals surface area contributed by atoms with Crippen LogP contribution in [0.5, 0.6) is 11.5 Å². The SMILES string of the molecule is C=C(C)COc1cc(CNCc2ccccc2)ccc1OC. The van der Waals surface area contributed by atoms with Gasteiger partial charge in [-0.05, 0) is 35.8 Å². The number of nitrogens with one attached hydrogen (secondary N) is 1. The quantitative estimate of drug-likeness (QED) is 0.749. The molecule has 0 unspecified atom stereocenters. The highest BCUT2D eigenvalue weighted by Crippen LogP contribution is 2.28. The van der Waals surface area contributed by atoms with Crippen molar-refractivity contribution >= 4 is 0 Å². The van der Waals surface area contributed by atoms with Gasteiger partial charge in [0.2, 0.25) is 0 Å². The van der Waals surface area contributed by atoms with Gasteiger partial charge < -0.3 is 14.8 Å². The monoisotopic (exact) mass is 297 g/mol. The van der Waals surface area contributed by atoms with Crippen LogP contribution in [0.1, 0.15) is 18.1 Å². The molecule has 2 aromatic carbocycles. The Morgan fingerprint density at radius 2 is 1.73 bits per heavy atom. The molecule has 0 aliphatic carbocycles. The van der Waals surface area contributed by atoms with Gasteiger partial charge in [0.15, 0.2) is 11.5 Å². The Morgan fingerprint density at radius 1 is 1.00 bits per heavy atom. The minimum absolute atomic E-state index is 0.497. The number of hydrogen-bond donors (Lipinski definition) is 1. The summed E-state index contributed by atoms with van der Waals surface area (Å²) in [5.74, 6) is 1.50. The molecule has 0 aliphatic heterocycles. The fourth-order valence-corrected chi connectivity index (χ4v) is 2.09. The highest BCUT2D eigenvalue weighted by atomic mass is 16.5. The van der Waals surface area contributed by atoms with Crippen LogP contribution >= 0.6 is 0 Å². The van der Waals surface area contributed by atoms with E-state index in [-0.39, 0.29) is 0 Å². The Hall–Kier alpha value is -2.26. The van der Waals surface area contributed by atoms with Gasteiger partial charge in [-0.1, -0.05) is 43.0 Å². The first kappa shape index (κ1) is 16.1. The minimum atomic E-state index is 0.497. The van der Waals surface area contributed by atoms with E-state index >= 15 is 0 Å². The van der Waals surface area contributed by atoms with E-state index in [0.717, 1.165) is 35.7 Å². The van der Waals surface area contributed by atoms with E-state index in [1.807, 2.05) is 43.3 Å². The fraction of sp³-hybridized carbons (Fsp3) is 0.263. The topological polar surface area (TPSA) is 30.5 Å². The molecule has 3 nitrogen and oxygen atoms in total. The third-order valence-corrected chi connectivity index (χ3v) is 3.20. The minimum Gasteiger partial charge on any atom is -0.493 e. The van der Waals surface area contributed by atoms with Gasteiger partial charge in [-0.2, -0.15) is 0 Å². The molecule has 1 N–H and O–H groups in total. The summed E-state index contributed by atoms with van der Waals surface area (Å²) in [4.78, 5) is 0. The van der Waals surface area contributed by atoms with Crippen LogP contribution < -0.4 is 14.8 Å². The van der Waals surface area contributed by atoms with Crippen LogP contribution in [0.2, 0.25) is 0 Å². The average Bonchev–Trinajstić information content (AvgIpc) is 2.54. The molecule has 0 bridgehead atoms. The zero-order valence-corrected chi connectivity index (χ0v) is 13.3. The summed E-state index contributed by atoms with van der Waals surface area (Å²) in [6.45, 7) is 7.91. The van der Waals surface area contributed by atoms with E-state index in [1.165, 1.54) is 5.56 Å². The second kappa shape index (κ2) is 8.25. The summed E-state index contributed by atoms with van der Waals surface area (Å²) in [6, 6.07) is 16.3. The second-order valence-electron chi connectivity index (χ2n) is 5.32. The molecule has 2 aromatic rings. The fourth-order valence-electron chi connectivity index (χ4n) is 2.09. The lowest BCUT2D eigenvalue weighted by atomic mass is 10.2. The molecule has 0 saturated heterocycles. The zero-order valence-electron chi connectivity index (χ0n) is 13.3. The van der Waals surface area contributed by atoms with Crippen LogP contribution in [0, 0.1) is 0 Å². The van der Waals surface area contributed by atoms with Crippen molar-refractivity contribution in [2.45, 2.75) is 20.0 Å². The lowest BCUT2D eigenvalue weighted by Crippen LogP contribution is -2.12. The van der Waals surface area contributed by atoms with E-state index in [0.29, 0.717) is 6.61 Å². The molecule has 0 aromatic heterocycles. The lowest BCUT2D eigenvalue weighted by molar-refractivity contribution is 0.319. The summed E-state index contributed by atoms with van der Waals surface area (Å²) in [7, 11) is 1.65. The normalized spacial score (nSPS) is 10.3. The van der Waals surface area contributed by atoms with Gasteiger partial charge in [0.25, 0.3) is 0 Å². The van der Waals surface area contributed by atoms with Gasteiger partial charge in [-0.3, -0.25) is 0 Å². The van der Waals surface area contributed by atoms with E-state index in [1.54, 1.807) is 7.11 Å². The smallest absolute Gasteiger partial charge is 0.161 e. The molecule has 0 radical (unpaired) electrons. The third-order valence-electron chi connectivity index (χ3n) is 3.20. The molecule has 0 atom stereocenters. The molecular formula is C19H23NO2. The maximum Gasteiger partial charge on any atom is 0.161 e. The Bertz CT molecular complexity index is 608. The van der Waals surface area contributed by atoms with Gasteiger partial charge in [0, 0.05) is 13.1 Å². The van der Waals surface area contributed by atoms with Gasteiger partial charge in [-0.25, -0.2) is 0 Å². The summed E-state index contributed by atoms with van der Waals surface area (Å²) >= 11 is 0. The largest absolute Gasteiger partial charge is 0.493 e. The van der Waals surface area contributed by atoms with Crippen LogP contribution in [0.4, 0.5) is 0 Å². The predicted molar refractivity (Wildman–Crippen MR) is 90.3 cm³/mol. The molecule has 0 aliphatic rings. The average molecular weight is 297 g/mol. The van der Waals surface area contributed by atoms with Crippen molar-refractivity contribution in [3.8, 4) is 11.5 Å². The Morgan fingerprint density at radius 3 is 2.41 bits per heavy atom. The molecule has 22 heavy (non-hydrogen) atoms. The highest BCUT2D eigenvalue weighted by Gasteiger charge is 2.06. The van der Waals surface area contributed by atoms with E-state index in [2.05, 4.69) is 24.0 Å². The van der Waals surface area contributed by atoms with Crippen molar-refractivity contribution in [1.82, 2.24) is 5.32 Å². The highest BCUT2D eigenvalue weighted by molar-refractivity contribution is 5.43. The molecule has 3 heteroatoms. The van der Waals surface area contributed by atoms with Gasteiger partial charge in [-0.15, -0.1) is 0 Å². The van der Waals surface area contributed by atoms with Crippen molar-refractivity contribution in [1.29, 1.82) is 0 Å². The zero-order chi connectivity index (χ0) is 15.8. The van der Waals surface area contributed by atoms with Gasteiger partial charge in [0.05, 0.1) is 7.11 Å². The van der Waals surface area contributed by atoms with Gasteiger partial charge in [0.1, 0.15) is 6.61 Å². The molecule has 0 spiro atoms. The molecule has 0 heterocycles. The number of benzene rings is 2. The van der Waals surface area contributed by atoms with Crippen molar-refractivity contribution in [2.75, 3.05) is 13.7 Å². The van der Waals surface area contributed by atoms with Crippen LogP contribution in [0.3, 0.4) is 0 Å². The molecule has 0 amide bonds. The summed E-state index contributed by atoms with van der Waals surface area (Å²) in [5, 5.41) is 3.43. The van der Waals surface area contributed by atoms with Crippen molar-refractivity contribution in [2.24, 2.45) is 0 Å². The van der Waals surface area contributed by atoms with Crippen molar-refractivity contribution in [3.63, 3.8) is 0 Å². The standard InChI is InChI=1S/C19H23NO2/c1-15(2)14-22-19-11-17(9-10-18(19)21-3)13-20-12-16-7-5-4-6-8-16/h4-11,20H,1,12-14H2,2-3H3. The van der Waals surface area contributed by atoms with E-state index in [4.69, 9.17) is 9.47 Å². The summed E-state index contributed by atoms with van der Waals surface area (Å²) < 4.78 is 11.1. The first-order valence-electron chi connectivity index (χ1n) is 7.38. The predicted octanol–water partition coefficient (Wildman–Crippen LogP) is 3.94. The Kier molecular flexibility index (Phi) is 6.04. The van der Waals surface area contributed by atoms with Crippen LogP contribution in [-0.2, 0) is 13.1 Å². The number of hydrogen-bond acceptors (Lipinski definition) is 3. The number of ether oxygens (including phenoxy) is 2.